The fraction of sp³-hybridized carbons (Fsp3) is 0.400. The smallest absolute Gasteiger partial charge is 0.404 e. The molecule has 0 atom stereocenters. The van der Waals surface area contributed by atoms with Crippen LogP contribution in [0.4, 0.5) is 10.6 Å². The molecule has 1 amide bonds. The Morgan fingerprint density at radius 1 is 1.60 bits per heavy atom. The Kier molecular flexibility index (Phi) is 2.45. The van der Waals surface area contributed by atoms with E-state index in [2.05, 4.69) is 10.3 Å². The van der Waals surface area contributed by atoms with Crippen LogP contribution in [0.1, 0.15) is 30.0 Å². The van der Waals surface area contributed by atoms with Gasteiger partial charge in [0.2, 0.25) is 0 Å². The van der Waals surface area contributed by atoms with Crippen LogP contribution in [0, 0.1) is 0 Å². The Hall–Kier alpha value is -1.78. The highest BCUT2D eigenvalue weighted by Gasteiger charge is 2.27. The van der Waals surface area contributed by atoms with Gasteiger partial charge in [0.15, 0.2) is 0 Å². The molecule has 0 bridgehead atoms. The van der Waals surface area contributed by atoms with Crippen LogP contribution in [0.5, 0.6) is 0 Å². The van der Waals surface area contributed by atoms with Crippen LogP contribution in [0.3, 0.4) is 0 Å². The van der Waals surface area contributed by atoms with Crippen molar-refractivity contribution in [3.05, 3.63) is 23.4 Å². The largest absolute Gasteiger partial charge is 0.465 e. The van der Waals surface area contributed by atoms with E-state index in [-0.39, 0.29) is 0 Å². The third-order valence-corrected chi connectivity index (χ3v) is 2.43. The quantitative estimate of drug-likeness (QED) is 0.697. The van der Waals surface area contributed by atoms with Gasteiger partial charge in [-0.3, -0.25) is 0 Å². The maximum Gasteiger partial charge on any atom is 0.404 e. The predicted octanol–water partition coefficient (Wildman–Crippen LogP) is 1.31. The van der Waals surface area contributed by atoms with E-state index in [1.165, 1.54) is 0 Å². The lowest BCUT2D eigenvalue weighted by molar-refractivity contribution is 0.194. The van der Waals surface area contributed by atoms with E-state index in [0.29, 0.717) is 18.3 Å². The molecule has 1 saturated carbocycles. The van der Waals surface area contributed by atoms with Crippen molar-refractivity contribution in [1.29, 1.82) is 0 Å². The number of carboxylic acid groups (broad SMARTS) is 1. The van der Waals surface area contributed by atoms with E-state index < -0.39 is 6.09 Å². The lowest BCUT2D eigenvalue weighted by Gasteiger charge is -2.08. The molecule has 5 heteroatoms. The molecule has 0 unspecified atom stereocenters. The first-order valence-electron chi connectivity index (χ1n) is 4.89. The van der Waals surface area contributed by atoms with Gasteiger partial charge in [-0.1, -0.05) is 6.07 Å². The summed E-state index contributed by atoms with van der Waals surface area (Å²) >= 11 is 0. The SMILES string of the molecule is Nc1ccc(CNC(=O)O)c(C2CC2)n1. The Labute approximate surface area is 87.3 Å². The number of hydrogen-bond donors (Lipinski definition) is 3. The summed E-state index contributed by atoms with van der Waals surface area (Å²) in [6, 6.07) is 3.54. The highest BCUT2D eigenvalue weighted by molar-refractivity contribution is 5.64. The predicted molar refractivity (Wildman–Crippen MR) is 55.5 cm³/mol. The summed E-state index contributed by atoms with van der Waals surface area (Å²) in [6.45, 7) is 0.300. The molecule has 80 valence electrons. The molecule has 1 aliphatic carbocycles. The molecule has 1 aliphatic rings. The number of nitrogens with two attached hydrogens (primary N) is 1. The minimum absolute atomic E-state index is 0.300. The maximum atomic E-state index is 10.4. The number of hydrogen-bond acceptors (Lipinski definition) is 3. The molecule has 0 spiro atoms. The minimum Gasteiger partial charge on any atom is -0.465 e. The number of nitrogens with zero attached hydrogens (tertiary/aromatic N) is 1. The van der Waals surface area contributed by atoms with Crippen molar-refractivity contribution in [1.82, 2.24) is 10.3 Å². The van der Waals surface area contributed by atoms with Crippen molar-refractivity contribution in [3.63, 3.8) is 0 Å². The normalized spacial score (nSPS) is 14.9. The Morgan fingerprint density at radius 3 is 2.93 bits per heavy atom. The molecule has 5 nitrogen and oxygen atoms in total. The summed E-state index contributed by atoms with van der Waals surface area (Å²) in [5.41, 5.74) is 7.47. The zero-order valence-electron chi connectivity index (χ0n) is 8.23. The van der Waals surface area contributed by atoms with Gasteiger partial charge >= 0.3 is 6.09 Å². The van der Waals surface area contributed by atoms with Crippen molar-refractivity contribution < 1.29 is 9.90 Å². The van der Waals surface area contributed by atoms with E-state index >= 15 is 0 Å². The summed E-state index contributed by atoms with van der Waals surface area (Å²) < 4.78 is 0. The second-order valence-corrected chi connectivity index (χ2v) is 3.71. The van der Waals surface area contributed by atoms with Gasteiger partial charge in [0.25, 0.3) is 0 Å². The standard InChI is InChI=1S/C10H13N3O2/c11-8-4-3-7(5-12-10(14)15)9(13-8)6-1-2-6/h3-4,6,12H,1-2,5H2,(H2,11,13)(H,14,15). The van der Waals surface area contributed by atoms with E-state index in [9.17, 15) is 4.79 Å². The number of aromatic nitrogens is 1. The fourth-order valence-electron chi connectivity index (χ4n) is 1.55. The van der Waals surface area contributed by atoms with E-state index in [0.717, 1.165) is 24.1 Å². The van der Waals surface area contributed by atoms with Crippen LogP contribution in [0.15, 0.2) is 12.1 Å². The summed E-state index contributed by atoms with van der Waals surface area (Å²) in [5.74, 6) is 0.968. The number of nitrogen functional groups attached to an aromatic ring is 1. The number of anilines is 1. The third-order valence-electron chi connectivity index (χ3n) is 2.43. The van der Waals surface area contributed by atoms with Crippen molar-refractivity contribution in [2.75, 3.05) is 5.73 Å². The number of pyridine rings is 1. The van der Waals surface area contributed by atoms with Gasteiger partial charge in [-0.15, -0.1) is 0 Å². The second kappa shape index (κ2) is 3.76. The van der Waals surface area contributed by atoms with Gasteiger partial charge in [0.1, 0.15) is 5.82 Å². The van der Waals surface area contributed by atoms with Crippen molar-refractivity contribution in [2.24, 2.45) is 0 Å². The molecule has 1 aromatic rings. The molecule has 4 N–H and O–H groups in total. The summed E-state index contributed by atoms with van der Waals surface area (Å²) in [5, 5.41) is 10.9. The molecule has 1 fully saturated rings. The summed E-state index contributed by atoms with van der Waals surface area (Å²) in [4.78, 5) is 14.6. The first-order valence-corrected chi connectivity index (χ1v) is 4.89. The Balaban J connectivity index is 2.17. The molecule has 2 rings (SSSR count). The molecule has 1 heterocycles. The molecule has 0 aliphatic heterocycles. The zero-order chi connectivity index (χ0) is 10.8. The average Bonchev–Trinajstić information content (AvgIpc) is 2.98. The average molecular weight is 207 g/mol. The van der Waals surface area contributed by atoms with Crippen LogP contribution in [0.25, 0.3) is 0 Å². The van der Waals surface area contributed by atoms with Crippen molar-refractivity contribution in [2.45, 2.75) is 25.3 Å². The number of amides is 1. The molecule has 15 heavy (non-hydrogen) atoms. The van der Waals surface area contributed by atoms with Crippen LogP contribution >= 0.6 is 0 Å². The summed E-state index contributed by atoms with van der Waals surface area (Å²) in [6.07, 6.45) is 1.22. The number of nitrogens with one attached hydrogen (secondary N) is 1. The van der Waals surface area contributed by atoms with Gasteiger partial charge in [0.05, 0.1) is 5.69 Å². The van der Waals surface area contributed by atoms with Gasteiger partial charge < -0.3 is 16.2 Å². The Bertz CT molecular complexity index is 388. The van der Waals surface area contributed by atoms with Gasteiger partial charge in [0, 0.05) is 12.5 Å². The van der Waals surface area contributed by atoms with E-state index in [1.54, 1.807) is 6.07 Å². The minimum atomic E-state index is -1.02. The van der Waals surface area contributed by atoms with Crippen LogP contribution < -0.4 is 11.1 Å². The molecular formula is C10H13N3O2. The van der Waals surface area contributed by atoms with Crippen LogP contribution in [0.2, 0.25) is 0 Å². The first kappa shape index (κ1) is 9.76. The van der Waals surface area contributed by atoms with Crippen LogP contribution in [-0.4, -0.2) is 16.2 Å². The van der Waals surface area contributed by atoms with Gasteiger partial charge in [-0.05, 0) is 24.5 Å². The zero-order valence-corrected chi connectivity index (χ0v) is 8.23. The van der Waals surface area contributed by atoms with E-state index in [1.807, 2.05) is 6.07 Å². The number of carbonyl (C=O) groups is 1. The highest BCUT2D eigenvalue weighted by Crippen LogP contribution is 2.40. The lowest BCUT2D eigenvalue weighted by Crippen LogP contribution is -2.21. The second-order valence-electron chi connectivity index (χ2n) is 3.71. The summed E-state index contributed by atoms with van der Waals surface area (Å²) in [7, 11) is 0. The molecule has 0 saturated heterocycles. The molecule has 0 aromatic carbocycles. The van der Waals surface area contributed by atoms with Crippen molar-refractivity contribution >= 4 is 11.9 Å². The maximum absolute atomic E-state index is 10.4. The Morgan fingerprint density at radius 2 is 2.33 bits per heavy atom. The third kappa shape index (κ3) is 2.37. The lowest BCUT2D eigenvalue weighted by atomic mass is 10.1. The first-order chi connectivity index (χ1) is 7.16. The van der Waals surface area contributed by atoms with Crippen molar-refractivity contribution in [3.8, 4) is 0 Å². The highest BCUT2D eigenvalue weighted by atomic mass is 16.4. The number of rotatable bonds is 3. The van der Waals surface area contributed by atoms with E-state index in [4.69, 9.17) is 10.8 Å². The van der Waals surface area contributed by atoms with Gasteiger partial charge in [-0.2, -0.15) is 0 Å². The molecular weight excluding hydrogens is 194 g/mol. The molecule has 0 radical (unpaired) electrons. The monoisotopic (exact) mass is 207 g/mol. The fourth-order valence-corrected chi connectivity index (χ4v) is 1.55. The van der Waals surface area contributed by atoms with Gasteiger partial charge in [-0.25, -0.2) is 9.78 Å². The van der Waals surface area contributed by atoms with Crippen LogP contribution in [-0.2, 0) is 6.54 Å². The molecule has 1 aromatic heterocycles. The topological polar surface area (TPSA) is 88.2 Å².